The second kappa shape index (κ2) is 9.04. The van der Waals surface area contributed by atoms with E-state index in [0.29, 0.717) is 31.1 Å². The van der Waals surface area contributed by atoms with Crippen LogP contribution >= 0.6 is 11.6 Å². The molecule has 27 heavy (non-hydrogen) atoms. The third kappa shape index (κ3) is 5.21. The van der Waals surface area contributed by atoms with Crippen LogP contribution in [-0.2, 0) is 22.7 Å². The summed E-state index contributed by atoms with van der Waals surface area (Å²) in [5.41, 5.74) is 7.17. The van der Waals surface area contributed by atoms with Crippen LogP contribution in [-0.4, -0.2) is 41.0 Å². The van der Waals surface area contributed by atoms with Crippen molar-refractivity contribution in [3.63, 3.8) is 0 Å². The Morgan fingerprint density at radius 1 is 1.37 bits per heavy atom. The number of carbonyl (C=O) groups excluding carboxylic acids is 2. The van der Waals surface area contributed by atoms with Crippen molar-refractivity contribution in [1.82, 2.24) is 10.2 Å². The first-order chi connectivity index (χ1) is 12.7. The highest BCUT2D eigenvalue weighted by Gasteiger charge is 2.40. The molecule has 1 fully saturated rings. The van der Waals surface area contributed by atoms with Crippen molar-refractivity contribution in [3.8, 4) is 0 Å². The number of nitrogens with one attached hydrogen (secondary N) is 1. The number of hydrogen-bond donors (Lipinski definition) is 3. The predicted octanol–water partition coefficient (Wildman–Crippen LogP) is 2.06. The number of hydrogen-bond acceptors (Lipinski definition) is 4. The molecule has 1 unspecified atom stereocenters. The number of rotatable bonds is 6. The summed E-state index contributed by atoms with van der Waals surface area (Å²) in [5.74, 6) is -0.870. The number of nitrogens with two attached hydrogens (primary N) is 1. The monoisotopic (exact) mass is 395 g/mol. The number of benzene rings is 1. The Hall–Kier alpha value is -1.63. The van der Waals surface area contributed by atoms with Crippen molar-refractivity contribution in [2.75, 3.05) is 13.2 Å². The molecular weight excluding hydrogens is 366 g/mol. The minimum atomic E-state index is -0.525. The maximum atomic E-state index is 12.9. The lowest BCUT2D eigenvalue weighted by molar-refractivity contribution is -0.146. The maximum absolute atomic E-state index is 12.9. The summed E-state index contributed by atoms with van der Waals surface area (Å²) in [6, 6.07) is 4.91. The molecule has 0 spiro atoms. The molecule has 1 heterocycles. The van der Waals surface area contributed by atoms with Crippen molar-refractivity contribution in [1.29, 1.82) is 0 Å². The van der Waals surface area contributed by atoms with Gasteiger partial charge in [0.2, 0.25) is 11.8 Å². The van der Waals surface area contributed by atoms with E-state index in [9.17, 15) is 14.7 Å². The zero-order valence-corrected chi connectivity index (χ0v) is 17.1. The van der Waals surface area contributed by atoms with Crippen LogP contribution in [0.1, 0.15) is 44.7 Å². The molecule has 1 aliphatic heterocycles. The Morgan fingerprint density at radius 3 is 2.67 bits per heavy atom. The molecule has 1 saturated heterocycles. The van der Waals surface area contributed by atoms with Gasteiger partial charge in [0.15, 0.2) is 0 Å². The zero-order valence-electron chi connectivity index (χ0n) is 16.3. The number of aliphatic hydroxyl groups is 1. The lowest BCUT2D eigenvalue weighted by atomic mass is 9.80. The largest absolute Gasteiger partial charge is 0.396 e. The van der Waals surface area contributed by atoms with E-state index in [4.69, 9.17) is 17.3 Å². The molecule has 0 bridgehead atoms. The van der Waals surface area contributed by atoms with Crippen LogP contribution in [0.3, 0.4) is 0 Å². The normalized spacial score (nSPS) is 18.4. The SMILES string of the molecule is CC(C)(C)[C@@H](CO)C(=O)N1CCCC1C(=O)NCc1cc(Cl)ccc1CN. The van der Waals surface area contributed by atoms with Gasteiger partial charge in [0.25, 0.3) is 0 Å². The van der Waals surface area contributed by atoms with Crippen molar-refractivity contribution < 1.29 is 14.7 Å². The van der Waals surface area contributed by atoms with Crippen molar-refractivity contribution >= 4 is 23.4 Å². The molecule has 6 nitrogen and oxygen atoms in total. The van der Waals surface area contributed by atoms with Crippen LogP contribution in [0.25, 0.3) is 0 Å². The van der Waals surface area contributed by atoms with Crippen molar-refractivity contribution in [2.45, 2.75) is 52.7 Å². The van der Waals surface area contributed by atoms with Gasteiger partial charge in [0.05, 0.1) is 12.5 Å². The average molecular weight is 396 g/mol. The van der Waals surface area contributed by atoms with Gasteiger partial charge >= 0.3 is 0 Å². The van der Waals surface area contributed by atoms with Gasteiger partial charge in [-0.05, 0) is 41.5 Å². The minimum absolute atomic E-state index is 0.159. The molecule has 0 radical (unpaired) electrons. The fraction of sp³-hybridized carbons (Fsp3) is 0.600. The Morgan fingerprint density at radius 2 is 2.07 bits per heavy atom. The summed E-state index contributed by atoms with van der Waals surface area (Å²) in [6.07, 6.45) is 1.40. The van der Waals surface area contributed by atoms with Crippen LogP contribution in [0.2, 0.25) is 5.02 Å². The molecule has 150 valence electrons. The molecule has 2 rings (SSSR count). The van der Waals surface area contributed by atoms with Crippen LogP contribution in [0.4, 0.5) is 0 Å². The molecule has 0 aliphatic carbocycles. The van der Waals surface area contributed by atoms with Gasteiger partial charge in [0.1, 0.15) is 6.04 Å². The molecule has 0 aromatic heterocycles. The Bertz CT molecular complexity index is 688. The van der Waals surface area contributed by atoms with E-state index in [1.807, 2.05) is 26.8 Å². The lowest BCUT2D eigenvalue weighted by Crippen LogP contribution is -2.50. The van der Waals surface area contributed by atoms with Gasteiger partial charge in [0, 0.05) is 24.7 Å². The number of amides is 2. The first-order valence-corrected chi connectivity index (χ1v) is 9.73. The Kier molecular flexibility index (Phi) is 7.25. The molecule has 1 aromatic rings. The van der Waals surface area contributed by atoms with Gasteiger partial charge in [-0.1, -0.05) is 38.4 Å². The van der Waals surface area contributed by atoms with E-state index in [0.717, 1.165) is 17.5 Å². The summed E-state index contributed by atoms with van der Waals surface area (Å²) >= 11 is 6.04. The van der Waals surface area contributed by atoms with Gasteiger partial charge in [-0.3, -0.25) is 9.59 Å². The molecule has 4 N–H and O–H groups in total. The van der Waals surface area contributed by atoms with Crippen LogP contribution in [0.15, 0.2) is 18.2 Å². The summed E-state index contributed by atoms with van der Waals surface area (Å²) in [5, 5.41) is 13.2. The van der Waals surface area contributed by atoms with Crippen LogP contribution in [0.5, 0.6) is 0 Å². The standard InChI is InChI=1S/C20H30ClN3O3/c1-20(2,3)16(12-25)19(27)24-8-4-5-17(24)18(26)23-11-14-9-15(21)7-6-13(14)10-22/h6-7,9,16-17,25H,4-5,8,10-12,22H2,1-3H3,(H,23,26)/t16-,17?/m0/s1. The van der Waals surface area contributed by atoms with Gasteiger partial charge in [-0.2, -0.15) is 0 Å². The minimum Gasteiger partial charge on any atom is -0.396 e. The molecule has 0 saturated carbocycles. The number of halogens is 1. The highest BCUT2D eigenvalue weighted by atomic mass is 35.5. The molecule has 1 aromatic carbocycles. The Labute approximate surface area is 166 Å². The second-order valence-electron chi connectivity index (χ2n) is 8.13. The molecule has 7 heteroatoms. The molecular formula is C20H30ClN3O3. The van der Waals surface area contributed by atoms with E-state index in [-0.39, 0.29) is 23.8 Å². The first kappa shape index (κ1) is 21.7. The van der Waals surface area contributed by atoms with Gasteiger partial charge in [-0.25, -0.2) is 0 Å². The van der Waals surface area contributed by atoms with Crippen molar-refractivity contribution in [3.05, 3.63) is 34.3 Å². The van der Waals surface area contributed by atoms with E-state index < -0.39 is 12.0 Å². The fourth-order valence-electron chi connectivity index (χ4n) is 3.48. The molecule has 2 atom stereocenters. The topological polar surface area (TPSA) is 95.7 Å². The maximum Gasteiger partial charge on any atom is 0.243 e. The fourth-order valence-corrected chi connectivity index (χ4v) is 3.68. The summed E-state index contributed by atoms with van der Waals surface area (Å²) in [7, 11) is 0. The third-order valence-electron chi connectivity index (χ3n) is 5.21. The first-order valence-electron chi connectivity index (χ1n) is 9.35. The summed E-state index contributed by atoms with van der Waals surface area (Å²) in [4.78, 5) is 27.3. The Balaban J connectivity index is 2.07. The van der Waals surface area contributed by atoms with E-state index in [1.165, 1.54) is 0 Å². The highest BCUT2D eigenvalue weighted by molar-refractivity contribution is 6.30. The van der Waals surface area contributed by atoms with E-state index >= 15 is 0 Å². The predicted molar refractivity (Wildman–Crippen MR) is 106 cm³/mol. The summed E-state index contributed by atoms with van der Waals surface area (Å²) < 4.78 is 0. The number of nitrogens with zero attached hydrogens (tertiary/aromatic N) is 1. The lowest BCUT2D eigenvalue weighted by Gasteiger charge is -2.34. The van der Waals surface area contributed by atoms with Gasteiger partial charge < -0.3 is 21.1 Å². The number of aliphatic hydroxyl groups excluding tert-OH is 1. The third-order valence-corrected chi connectivity index (χ3v) is 5.44. The second-order valence-corrected chi connectivity index (χ2v) is 8.56. The van der Waals surface area contributed by atoms with E-state index in [1.54, 1.807) is 17.0 Å². The van der Waals surface area contributed by atoms with E-state index in [2.05, 4.69) is 5.32 Å². The van der Waals surface area contributed by atoms with Crippen LogP contribution in [0, 0.1) is 11.3 Å². The van der Waals surface area contributed by atoms with Crippen LogP contribution < -0.4 is 11.1 Å². The van der Waals surface area contributed by atoms with Crippen molar-refractivity contribution in [2.24, 2.45) is 17.1 Å². The molecule has 2 amide bonds. The number of carbonyl (C=O) groups is 2. The van der Waals surface area contributed by atoms with Gasteiger partial charge in [-0.15, -0.1) is 0 Å². The highest BCUT2D eigenvalue weighted by Crippen LogP contribution is 2.30. The molecule has 1 aliphatic rings. The quantitative estimate of drug-likeness (QED) is 0.687. The number of likely N-dealkylation sites (tertiary alicyclic amines) is 1. The smallest absolute Gasteiger partial charge is 0.243 e. The summed E-state index contributed by atoms with van der Waals surface area (Å²) in [6.45, 7) is 6.75. The zero-order chi connectivity index (χ0) is 20.2. The average Bonchev–Trinajstić information content (AvgIpc) is 3.09.